The third-order valence-corrected chi connectivity index (χ3v) is 2.76. The Labute approximate surface area is 118 Å². The molecule has 1 aromatic heterocycles. The first-order valence-electron chi connectivity index (χ1n) is 6.64. The Hall–Kier alpha value is -2.36. The van der Waals surface area contributed by atoms with Crippen LogP contribution in [-0.4, -0.2) is 24.0 Å². The van der Waals surface area contributed by atoms with Crippen LogP contribution in [0.2, 0.25) is 0 Å². The molecule has 0 aliphatic heterocycles. The van der Waals surface area contributed by atoms with Crippen molar-refractivity contribution in [3.05, 3.63) is 59.9 Å². The first-order valence-corrected chi connectivity index (χ1v) is 6.64. The molecular formula is C16H18N2O2. The second kappa shape index (κ2) is 7.28. The van der Waals surface area contributed by atoms with Crippen molar-refractivity contribution < 1.29 is 9.53 Å². The van der Waals surface area contributed by atoms with Crippen molar-refractivity contribution in [3.63, 3.8) is 0 Å². The van der Waals surface area contributed by atoms with Crippen LogP contribution in [0.3, 0.4) is 0 Å². The number of nitrogens with one attached hydrogen (secondary N) is 1. The molecule has 0 aliphatic rings. The Kier molecular flexibility index (Phi) is 5.12. The molecule has 0 unspecified atom stereocenters. The maximum absolute atomic E-state index is 11.7. The first kappa shape index (κ1) is 14.1. The van der Waals surface area contributed by atoms with E-state index in [1.165, 1.54) is 5.56 Å². The van der Waals surface area contributed by atoms with Crippen LogP contribution in [0.25, 0.3) is 0 Å². The fourth-order valence-electron chi connectivity index (χ4n) is 1.76. The van der Waals surface area contributed by atoms with E-state index in [1.54, 1.807) is 24.4 Å². The third-order valence-electron chi connectivity index (χ3n) is 2.76. The number of hydrogen-bond donors (Lipinski definition) is 1. The van der Waals surface area contributed by atoms with Gasteiger partial charge in [0, 0.05) is 12.7 Å². The van der Waals surface area contributed by atoms with E-state index in [0.29, 0.717) is 18.8 Å². The van der Waals surface area contributed by atoms with Crippen molar-refractivity contribution >= 4 is 5.91 Å². The number of carbonyl (C=O) groups excluding carboxylic acids is 1. The topological polar surface area (TPSA) is 51.2 Å². The van der Waals surface area contributed by atoms with Gasteiger partial charge < -0.3 is 10.1 Å². The predicted octanol–water partition coefficient (Wildman–Crippen LogP) is 2.59. The standard InChI is InChI=1S/C16H18N2O2/c1-13-6-4-7-14(12-13)20-11-5-10-18-16(19)15-8-2-3-9-17-15/h2-4,6-9,12H,5,10-11H2,1H3,(H,18,19). The quantitative estimate of drug-likeness (QED) is 0.821. The molecule has 0 atom stereocenters. The smallest absolute Gasteiger partial charge is 0.269 e. The van der Waals surface area contributed by atoms with Crippen molar-refractivity contribution in [2.24, 2.45) is 0 Å². The summed E-state index contributed by atoms with van der Waals surface area (Å²) in [5, 5.41) is 2.82. The number of aryl methyl sites for hydroxylation is 1. The van der Waals surface area contributed by atoms with Gasteiger partial charge in [-0.1, -0.05) is 18.2 Å². The van der Waals surface area contributed by atoms with E-state index in [4.69, 9.17) is 4.74 Å². The molecule has 0 aliphatic carbocycles. The zero-order chi connectivity index (χ0) is 14.2. The van der Waals surface area contributed by atoms with Crippen molar-refractivity contribution in [1.29, 1.82) is 0 Å². The average molecular weight is 270 g/mol. The second-order valence-electron chi connectivity index (χ2n) is 4.49. The zero-order valence-electron chi connectivity index (χ0n) is 11.5. The molecule has 1 aromatic carbocycles. The fraction of sp³-hybridized carbons (Fsp3) is 0.250. The lowest BCUT2D eigenvalue weighted by molar-refractivity contribution is 0.0946. The van der Waals surface area contributed by atoms with Crippen LogP contribution in [0.5, 0.6) is 5.75 Å². The summed E-state index contributed by atoms with van der Waals surface area (Å²) in [6.45, 7) is 3.17. The van der Waals surface area contributed by atoms with Gasteiger partial charge in [0.1, 0.15) is 11.4 Å². The largest absolute Gasteiger partial charge is 0.494 e. The van der Waals surface area contributed by atoms with Gasteiger partial charge in [-0.3, -0.25) is 9.78 Å². The SMILES string of the molecule is Cc1cccc(OCCCNC(=O)c2ccccn2)c1. The minimum atomic E-state index is -0.152. The molecule has 0 radical (unpaired) electrons. The van der Waals surface area contributed by atoms with Gasteiger partial charge in [0.05, 0.1) is 6.61 Å². The van der Waals surface area contributed by atoms with E-state index in [9.17, 15) is 4.79 Å². The van der Waals surface area contributed by atoms with Crippen molar-refractivity contribution in [2.75, 3.05) is 13.2 Å². The summed E-state index contributed by atoms with van der Waals surface area (Å²) in [6.07, 6.45) is 2.36. The highest BCUT2D eigenvalue weighted by Gasteiger charge is 2.04. The first-order chi connectivity index (χ1) is 9.75. The molecule has 0 saturated heterocycles. The van der Waals surface area contributed by atoms with E-state index in [1.807, 2.05) is 31.2 Å². The molecular weight excluding hydrogens is 252 g/mol. The summed E-state index contributed by atoms with van der Waals surface area (Å²) in [7, 11) is 0. The van der Waals surface area contributed by atoms with E-state index >= 15 is 0 Å². The Morgan fingerprint density at radius 2 is 2.15 bits per heavy atom. The predicted molar refractivity (Wildman–Crippen MR) is 77.9 cm³/mol. The average Bonchev–Trinajstić information content (AvgIpc) is 2.48. The summed E-state index contributed by atoms with van der Waals surface area (Å²) in [4.78, 5) is 15.7. The molecule has 4 heteroatoms. The van der Waals surface area contributed by atoms with Gasteiger partial charge >= 0.3 is 0 Å². The molecule has 1 heterocycles. The van der Waals surface area contributed by atoms with Gasteiger partial charge in [-0.25, -0.2) is 0 Å². The van der Waals surface area contributed by atoms with Crippen LogP contribution < -0.4 is 10.1 Å². The number of aromatic nitrogens is 1. The number of rotatable bonds is 6. The highest BCUT2D eigenvalue weighted by atomic mass is 16.5. The highest BCUT2D eigenvalue weighted by molar-refractivity contribution is 5.92. The number of ether oxygens (including phenoxy) is 1. The van der Waals surface area contributed by atoms with Crippen LogP contribution in [-0.2, 0) is 0 Å². The van der Waals surface area contributed by atoms with Gasteiger partial charge in [0.2, 0.25) is 0 Å². The molecule has 0 fully saturated rings. The summed E-state index contributed by atoms with van der Waals surface area (Å²) in [5.41, 5.74) is 1.61. The van der Waals surface area contributed by atoms with E-state index in [0.717, 1.165) is 12.2 Å². The minimum absolute atomic E-state index is 0.152. The summed E-state index contributed by atoms with van der Waals surface area (Å²) >= 11 is 0. The van der Waals surface area contributed by atoms with E-state index < -0.39 is 0 Å². The normalized spacial score (nSPS) is 10.1. The lowest BCUT2D eigenvalue weighted by Gasteiger charge is -2.07. The molecule has 1 amide bonds. The van der Waals surface area contributed by atoms with Crippen molar-refractivity contribution in [2.45, 2.75) is 13.3 Å². The van der Waals surface area contributed by atoms with Crippen molar-refractivity contribution in [3.8, 4) is 5.75 Å². The van der Waals surface area contributed by atoms with Crippen molar-refractivity contribution in [1.82, 2.24) is 10.3 Å². The molecule has 2 aromatic rings. The van der Waals surface area contributed by atoms with Gasteiger partial charge in [-0.05, 0) is 43.2 Å². The van der Waals surface area contributed by atoms with Gasteiger partial charge in [-0.15, -0.1) is 0 Å². The molecule has 104 valence electrons. The second-order valence-corrected chi connectivity index (χ2v) is 4.49. The Morgan fingerprint density at radius 1 is 1.25 bits per heavy atom. The Bertz CT molecular complexity index is 555. The number of amides is 1. The molecule has 20 heavy (non-hydrogen) atoms. The van der Waals surface area contributed by atoms with Crippen LogP contribution in [0.15, 0.2) is 48.7 Å². The number of pyridine rings is 1. The van der Waals surface area contributed by atoms with Gasteiger partial charge in [-0.2, -0.15) is 0 Å². The van der Waals surface area contributed by atoms with Gasteiger partial charge in [0.15, 0.2) is 0 Å². The molecule has 1 N–H and O–H groups in total. The van der Waals surface area contributed by atoms with E-state index in [2.05, 4.69) is 10.3 Å². The summed E-state index contributed by atoms with van der Waals surface area (Å²) in [6, 6.07) is 13.2. The number of benzene rings is 1. The lowest BCUT2D eigenvalue weighted by atomic mass is 10.2. The monoisotopic (exact) mass is 270 g/mol. The maximum Gasteiger partial charge on any atom is 0.269 e. The Balaban J connectivity index is 1.66. The molecule has 4 nitrogen and oxygen atoms in total. The van der Waals surface area contributed by atoms with Crippen LogP contribution in [0.4, 0.5) is 0 Å². The molecule has 0 spiro atoms. The van der Waals surface area contributed by atoms with Crippen LogP contribution >= 0.6 is 0 Å². The maximum atomic E-state index is 11.7. The Morgan fingerprint density at radius 3 is 2.90 bits per heavy atom. The number of carbonyl (C=O) groups is 1. The van der Waals surface area contributed by atoms with Gasteiger partial charge in [0.25, 0.3) is 5.91 Å². The van der Waals surface area contributed by atoms with E-state index in [-0.39, 0.29) is 5.91 Å². The third kappa shape index (κ3) is 4.39. The zero-order valence-corrected chi connectivity index (χ0v) is 11.5. The fourth-order valence-corrected chi connectivity index (χ4v) is 1.76. The number of nitrogens with zero attached hydrogens (tertiary/aromatic N) is 1. The number of hydrogen-bond acceptors (Lipinski definition) is 3. The lowest BCUT2D eigenvalue weighted by Crippen LogP contribution is -2.26. The molecule has 0 saturated carbocycles. The highest BCUT2D eigenvalue weighted by Crippen LogP contribution is 2.12. The summed E-state index contributed by atoms with van der Waals surface area (Å²) < 4.78 is 5.61. The molecule has 2 rings (SSSR count). The van der Waals surface area contributed by atoms with Crippen LogP contribution in [0, 0.1) is 6.92 Å². The molecule has 0 bridgehead atoms. The minimum Gasteiger partial charge on any atom is -0.494 e. The van der Waals surface area contributed by atoms with Crippen LogP contribution in [0.1, 0.15) is 22.5 Å². The summed E-state index contributed by atoms with van der Waals surface area (Å²) in [5.74, 6) is 0.710.